The van der Waals surface area contributed by atoms with Crippen LogP contribution in [-0.2, 0) is 28.1 Å². The van der Waals surface area contributed by atoms with Crippen LogP contribution in [0.3, 0.4) is 0 Å². The second kappa shape index (κ2) is 16.4. The molecule has 1 saturated heterocycles. The standard InChI is InChI=1S/C33H40N6O5S.B/c1-24(2)31(33(41)42)36-45(43,44)39-19-17-38(18-20-39)29-13-11-25(12-14-29)5-6-26-15-16-34-30(21-26)32(40)35-22-27-7-9-28(10-8-27)23-37(3)4;/h7-16,21,24,31,36H,17-20,22-23H2,1-4H3,(H,35,40)(H,41,42);/t31-;/m1./s1. The molecule has 11 nitrogen and oxygen atoms in total. The number of carbonyl (C=O) groups excluding carboxylic acids is 1. The van der Waals surface area contributed by atoms with Gasteiger partial charge in [0.1, 0.15) is 11.7 Å². The average Bonchev–Trinajstić information content (AvgIpc) is 3.02. The zero-order chi connectivity index (χ0) is 32.6. The van der Waals surface area contributed by atoms with E-state index in [0.29, 0.717) is 30.9 Å². The molecule has 1 amide bonds. The van der Waals surface area contributed by atoms with Gasteiger partial charge >= 0.3 is 5.97 Å². The van der Waals surface area contributed by atoms with E-state index < -0.39 is 22.2 Å². The van der Waals surface area contributed by atoms with Crippen molar-refractivity contribution >= 4 is 36.2 Å². The van der Waals surface area contributed by atoms with E-state index in [0.717, 1.165) is 23.4 Å². The summed E-state index contributed by atoms with van der Waals surface area (Å²) in [5.41, 5.74) is 4.90. The molecule has 0 bridgehead atoms. The predicted octanol–water partition coefficient (Wildman–Crippen LogP) is 2.16. The Bertz CT molecular complexity index is 1650. The van der Waals surface area contributed by atoms with Crippen molar-refractivity contribution in [2.75, 3.05) is 45.2 Å². The molecule has 0 saturated carbocycles. The average molecular weight is 644 g/mol. The highest BCUT2D eigenvalue weighted by atomic mass is 32.2. The Morgan fingerprint density at radius 1 is 0.935 bits per heavy atom. The van der Waals surface area contributed by atoms with E-state index in [-0.39, 0.29) is 33.3 Å². The summed E-state index contributed by atoms with van der Waals surface area (Å²) < 4.78 is 29.1. The van der Waals surface area contributed by atoms with E-state index in [1.54, 1.807) is 32.2 Å². The number of anilines is 1. The second-order valence-electron chi connectivity index (χ2n) is 11.5. The number of pyridine rings is 1. The Morgan fingerprint density at radius 2 is 1.54 bits per heavy atom. The molecule has 1 atom stereocenters. The third-order valence-electron chi connectivity index (χ3n) is 7.34. The van der Waals surface area contributed by atoms with Crippen LogP contribution in [-0.4, -0.2) is 94.3 Å². The minimum absolute atomic E-state index is 0. The monoisotopic (exact) mass is 643 g/mol. The van der Waals surface area contributed by atoms with Crippen LogP contribution in [0.15, 0.2) is 66.9 Å². The number of carbonyl (C=O) groups is 2. The summed E-state index contributed by atoms with van der Waals surface area (Å²) in [5.74, 6) is 4.37. The van der Waals surface area contributed by atoms with E-state index in [9.17, 15) is 23.1 Å². The fraction of sp³-hybridized carbons (Fsp3) is 0.364. The largest absolute Gasteiger partial charge is 0.480 e. The molecule has 2 aromatic carbocycles. The summed E-state index contributed by atoms with van der Waals surface area (Å²) in [5, 5.41) is 12.3. The van der Waals surface area contributed by atoms with Gasteiger partial charge in [0.15, 0.2) is 0 Å². The molecule has 4 rings (SSSR count). The Morgan fingerprint density at radius 3 is 2.13 bits per heavy atom. The van der Waals surface area contributed by atoms with E-state index in [1.807, 2.05) is 50.5 Å². The van der Waals surface area contributed by atoms with Crippen molar-refractivity contribution in [2.24, 2.45) is 5.92 Å². The van der Waals surface area contributed by atoms with E-state index in [1.165, 1.54) is 9.87 Å². The third kappa shape index (κ3) is 10.2. The summed E-state index contributed by atoms with van der Waals surface area (Å²) in [6.07, 6.45) is 1.57. The maximum Gasteiger partial charge on any atom is 0.322 e. The number of piperazine rings is 1. The summed E-state index contributed by atoms with van der Waals surface area (Å²) in [6, 6.07) is 18.0. The van der Waals surface area contributed by atoms with Gasteiger partial charge in [-0.2, -0.15) is 17.4 Å². The highest BCUT2D eigenvalue weighted by Gasteiger charge is 2.33. The number of carboxylic acid groups (broad SMARTS) is 1. The molecule has 0 aliphatic carbocycles. The van der Waals surface area contributed by atoms with Gasteiger partial charge in [-0.05, 0) is 67.5 Å². The Balaban J connectivity index is 0.00000576. The van der Waals surface area contributed by atoms with Crippen LogP contribution >= 0.6 is 0 Å². The topological polar surface area (TPSA) is 135 Å². The number of carboxylic acids is 1. The highest BCUT2D eigenvalue weighted by Crippen LogP contribution is 2.19. The van der Waals surface area contributed by atoms with Gasteiger partial charge in [-0.25, -0.2) is 0 Å². The number of hydrogen-bond acceptors (Lipinski definition) is 7. The minimum Gasteiger partial charge on any atom is -0.480 e. The zero-order valence-electron chi connectivity index (χ0n) is 26.6. The first-order valence-corrected chi connectivity index (χ1v) is 16.2. The van der Waals surface area contributed by atoms with Crippen molar-refractivity contribution in [3.8, 4) is 11.8 Å². The van der Waals surface area contributed by atoms with Gasteiger partial charge in [0.2, 0.25) is 0 Å². The lowest BCUT2D eigenvalue weighted by molar-refractivity contribution is -0.140. The lowest BCUT2D eigenvalue weighted by Crippen LogP contribution is -2.55. The molecule has 0 spiro atoms. The van der Waals surface area contributed by atoms with Gasteiger partial charge in [-0.15, -0.1) is 0 Å². The quantitative estimate of drug-likeness (QED) is 0.214. The molecule has 13 heteroatoms. The molecule has 1 aliphatic rings. The third-order valence-corrected chi connectivity index (χ3v) is 8.93. The summed E-state index contributed by atoms with van der Waals surface area (Å²) in [6.45, 7) is 5.99. The summed E-state index contributed by atoms with van der Waals surface area (Å²) in [4.78, 5) is 32.6. The number of benzene rings is 2. The van der Waals surface area contributed by atoms with Gasteiger partial charge in [-0.3, -0.25) is 14.6 Å². The van der Waals surface area contributed by atoms with Crippen LogP contribution in [0.2, 0.25) is 0 Å². The summed E-state index contributed by atoms with van der Waals surface area (Å²) in [7, 11) is 0.123. The molecular weight excluding hydrogens is 603 g/mol. The van der Waals surface area contributed by atoms with Crippen LogP contribution in [0, 0.1) is 17.8 Å². The predicted molar refractivity (Wildman–Crippen MR) is 180 cm³/mol. The fourth-order valence-corrected chi connectivity index (χ4v) is 6.31. The maximum absolute atomic E-state index is 12.8. The number of rotatable bonds is 11. The fourth-order valence-electron chi connectivity index (χ4n) is 4.83. The lowest BCUT2D eigenvalue weighted by atomic mass is 10.1. The lowest BCUT2D eigenvalue weighted by Gasteiger charge is -2.36. The van der Waals surface area contributed by atoms with Crippen LogP contribution in [0.1, 0.15) is 46.6 Å². The smallest absolute Gasteiger partial charge is 0.322 e. The Labute approximate surface area is 273 Å². The molecule has 3 radical (unpaired) electrons. The van der Waals surface area contributed by atoms with Gasteiger partial charge in [0.25, 0.3) is 16.1 Å². The first kappa shape index (κ1) is 36.3. The van der Waals surface area contributed by atoms with E-state index >= 15 is 0 Å². The normalized spacial score (nSPS) is 14.3. The first-order valence-electron chi connectivity index (χ1n) is 14.8. The Hall–Kier alpha value is -4.22. The molecule has 0 unspecified atom stereocenters. The number of aromatic nitrogens is 1. The molecule has 1 aromatic heterocycles. The van der Waals surface area contributed by atoms with Crippen molar-refractivity contribution in [1.82, 2.24) is 24.2 Å². The van der Waals surface area contributed by atoms with Crippen molar-refractivity contribution in [2.45, 2.75) is 33.0 Å². The molecule has 3 aromatic rings. The van der Waals surface area contributed by atoms with Crippen LogP contribution < -0.4 is 14.9 Å². The van der Waals surface area contributed by atoms with E-state index in [2.05, 4.69) is 48.8 Å². The van der Waals surface area contributed by atoms with E-state index in [4.69, 9.17) is 0 Å². The molecule has 2 heterocycles. The van der Waals surface area contributed by atoms with Crippen LogP contribution in [0.5, 0.6) is 0 Å². The van der Waals surface area contributed by atoms with Crippen molar-refractivity contribution in [3.63, 3.8) is 0 Å². The molecule has 241 valence electrons. The van der Waals surface area contributed by atoms with Crippen LogP contribution in [0.25, 0.3) is 0 Å². The highest BCUT2D eigenvalue weighted by molar-refractivity contribution is 7.87. The Kier molecular flexibility index (Phi) is 12.9. The number of amides is 1. The molecule has 1 aliphatic heterocycles. The number of aliphatic carboxylic acids is 1. The zero-order valence-corrected chi connectivity index (χ0v) is 27.4. The second-order valence-corrected chi connectivity index (χ2v) is 13.2. The maximum atomic E-state index is 12.8. The number of nitrogens with zero attached hydrogens (tertiary/aromatic N) is 4. The number of nitrogens with one attached hydrogen (secondary N) is 2. The molecule has 3 N–H and O–H groups in total. The SMILES string of the molecule is CC(C)[C@@H](NS(=O)(=O)N1CCN(c2ccc(C#Cc3ccnc(C(=O)NCc4ccc(CN(C)C)cc4)c3)cc2)CC1)C(=O)O.[B]. The molecule has 1 fully saturated rings. The first-order chi connectivity index (χ1) is 21.4. The van der Waals surface area contributed by atoms with Gasteiger partial charge in [0, 0.05) is 70.7 Å². The van der Waals surface area contributed by atoms with Crippen LogP contribution in [0.4, 0.5) is 5.69 Å². The van der Waals surface area contributed by atoms with Gasteiger partial charge in [-0.1, -0.05) is 50.0 Å². The van der Waals surface area contributed by atoms with Gasteiger partial charge in [0.05, 0.1) is 0 Å². The minimum atomic E-state index is -3.92. The molecular formula is C33H40BN6O5S. The number of hydrogen-bond donors (Lipinski definition) is 3. The summed E-state index contributed by atoms with van der Waals surface area (Å²) >= 11 is 0. The molecule has 46 heavy (non-hydrogen) atoms. The van der Waals surface area contributed by atoms with Gasteiger partial charge < -0.3 is 20.2 Å². The van der Waals surface area contributed by atoms with Crippen molar-refractivity contribution in [1.29, 1.82) is 0 Å². The van der Waals surface area contributed by atoms with Crippen molar-refractivity contribution < 1.29 is 23.1 Å². The van der Waals surface area contributed by atoms with Crippen molar-refractivity contribution in [3.05, 3.63) is 94.8 Å².